The molecule has 0 saturated heterocycles. The summed E-state index contributed by atoms with van der Waals surface area (Å²) in [5.41, 5.74) is 6.71. The molecule has 2 aromatic carbocycles. The highest BCUT2D eigenvalue weighted by Gasteiger charge is 2.40. The molecule has 1 aliphatic heterocycles. The summed E-state index contributed by atoms with van der Waals surface area (Å²) in [6.07, 6.45) is -0.659. The lowest BCUT2D eigenvalue weighted by Crippen LogP contribution is -2.54. The molecule has 0 radical (unpaired) electrons. The first-order chi connectivity index (χ1) is 15.1. The lowest BCUT2D eigenvalue weighted by Gasteiger charge is -2.37. The second kappa shape index (κ2) is 9.40. The summed E-state index contributed by atoms with van der Waals surface area (Å²) in [5, 5.41) is 5.70. The highest BCUT2D eigenvalue weighted by Crippen LogP contribution is 2.36. The summed E-state index contributed by atoms with van der Waals surface area (Å²) in [6, 6.07) is 12.8. The van der Waals surface area contributed by atoms with E-state index in [1.54, 1.807) is 42.5 Å². The zero-order valence-corrected chi connectivity index (χ0v) is 18.8. The first-order valence-electron chi connectivity index (χ1n) is 10.6. The predicted molar refractivity (Wildman–Crippen MR) is 124 cm³/mol. The largest absolute Gasteiger partial charge is 0.420 e. The van der Waals surface area contributed by atoms with E-state index in [-0.39, 0.29) is 23.1 Å². The van der Waals surface area contributed by atoms with E-state index < -0.39 is 12.1 Å². The zero-order chi connectivity index (χ0) is 23.5. The van der Waals surface area contributed by atoms with Crippen LogP contribution in [0.15, 0.2) is 48.5 Å². The van der Waals surface area contributed by atoms with Crippen molar-refractivity contribution in [1.29, 1.82) is 0 Å². The lowest BCUT2D eigenvalue weighted by molar-refractivity contribution is -0.118. The predicted octanol–water partition coefficient (Wildman–Crippen LogP) is 3.38. The molecule has 3 amide bonds. The van der Waals surface area contributed by atoms with Crippen molar-refractivity contribution in [2.75, 3.05) is 23.3 Å². The van der Waals surface area contributed by atoms with Gasteiger partial charge < -0.3 is 21.1 Å². The van der Waals surface area contributed by atoms with Crippen molar-refractivity contribution in [2.45, 2.75) is 33.7 Å². The summed E-state index contributed by atoms with van der Waals surface area (Å²) in [7, 11) is 0. The van der Waals surface area contributed by atoms with Gasteiger partial charge in [-0.25, -0.2) is 4.79 Å². The number of nitrogens with one attached hydrogen (secondary N) is 2. The first kappa shape index (κ1) is 23.3. The highest BCUT2D eigenvalue weighted by atomic mass is 16.6. The van der Waals surface area contributed by atoms with E-state index in [0.29, 0.717) is 35.8 Å². The summed E-state index contributed by atoms with van der Waals surface area (Å²) in [5.74, 6) is -0.397. The Hall–Kier alpha value is -3.39. The van der Waals surface area contributed by atoms with E-state index in [1.165, 1.54) is 4.90 Å². The van der Waals surface area contributed by atoms with Gasteiger partial charge in [-0.3, -0.25) is 14.5 Å². The van der Waals surface area contributed by atoms with E-state index >= 15 is 0 Å². The summed E-state index contributed by atoms with van der Waals surface area (Å²) in [4.78, 5) is 39.9. The van der Waals surface area contributed by atoms with E-state index in [1.807, 2.05) is 33.8 Å². The van der Waals surface area contributed by atoms with Gasteiger partial charge in [-0.1, -0.05) is 45.9 Å². The Bertz CT molecular complexity index is 1000. The van der Waals surface area contributed by atoms with Crippen molar-refractivity contribution in [3.05, 3.63) is 54.1 Å². The molecule has 2 aromatic rings. The number of hydrogen-bond acceptors (Lipinski definition) is 5. The molecule has 1 aliphatic rings. The Labute approximate surface area is 188 Å². The van der Waals surface area contributed by atoms with Crippen LogP contribution in [0, 0.1) is 11.3 Å². The van der Waals surface area contributed by atoms with Crippen LogP contribution >= 0.6 is 0 Å². The minimum atomic E-state index is -0.747. The van der Waals surface area contributed by atoms with E-state index in [9.17, 15) is 14.4 Å². The molecule has 1 heterocycles. The number of nitrogens with two attached hydrogens (primary N) is 1. The summed E-state index contributed by atoms with van der Waals surface area (Å²) < 4.78 is 5.52. The molecule has 4 N–H and O–H groups in total. The van der Waals surface area contributed by atoms with Gasteiger partial charge in [0.1, 0.15) is 11.8 Å². The Balaban J connectivity index is 1.90. The van der Waals surface area contributed by atoms with Gasteiger partial charge in [-0.05, 0) is 48.2 Å². The number of carbonyl (C=O) groups excluding carboxylic acids is 3. The number of hydrogen-bond donors (Lipinski definition) is 3. The molecule has 1 unspecified atom stereocenters. The first-order valence-corrected chi connectivity index (χ1v) is 10.6. The molecular weight excluding hydrogens is 408 g/mol. The molecule has 0 aliphatic carbocycles. The molecule has 8 heteroatoms. The van der Waals surface area contributed by atoms with Gasteiger partial charge in [0.15, 0.2) is 0 Å². The van der Waals surface area contributed by atoms with E-state index in [0.717, 1.165) is 0 Å². The van der Waals surface area contributed by atoms with Crippen LogP contribution in [0.2, 0.25) is 0 Å². The fourth-order valence-electron chi connectivity index (χ4n) is 3.41. The van der Waals surface area contributed by atoms with Crippen LogP contribution in [-0.4, -0.2) is 37.0 Å². The standard InChI is InChI=1S/C24H30N4O4/c1-15(2)20-22(30)27-18-12-16(21(29)26-14-24(3,4)13-25)10-11-19(18)28(20)23(31)32-17-8-6-5-7-9-17/h5-12,15,20H,13-14,25H2,1-4H3,(H,26,29)(H,27,30). The molecule has 3 rings (SSSR count). The lowest BCUT2D eigenvalue weighted by atomic mass is 9.93. The van der Waals surface area contributed by atoms with Crippen LogP contribution in [0.3, 0.4) is 0 Å². The van der Waals surface area contributed by atoms with Gasteiger partial charge in [0.25, 0.3) is 5.91 Å². The van der Waals surface area contributed by atoms with Crippen LogP contribution in [0.25, 0.3) is 0 Å². The smallest absolute Gasteiger partial charge is 0.410 e. The Morgan fingerprint density at radius 1 is 1.19 bits per heavy atom. The molecule has 0 saturated carbocycles. The molecule has 0 aromatic heterocycles. The normalized spacial score (nSPS) is 15.8. The summed E-state index contributed by atoms with van der Waals surface area (Å²) in [6.45, 7) is 8.49. The van der Waals surface area contributed by atoms with Gasteiger partial charge in [0.2, 0.25) is 5.91 Å². The third kappa shape index (κ3) is 5.08. The molecule has 0 bridgehead atoms. The van der Waals surface area contributed by atoms with Gasteiger partial charge in [0, 0.05) is 12.1 Å². The van der Waals surface area contributed by atoms with Crippen LogP contribution in [-0.2, 0) is 4.79 Å². The fraction of sp³-hybridized carbons (Fsp3) is 0.375. The number of ether oxygens (including phenoxy) is 1. The maximum atomic E-state index is 13.1. The average Bonchev–Trinajstić information content (AvgIpc) is 2.76. The number of fused-ring (bicyclic) bond motifs is 1. The number of carbonyl (C=O) groups is 3. The maximum absolute atomic E-state index is 13.1. The number of nitrogens with zero attached hydrogens (tertiary/aromatic N) is 1. The highest BCUT2D eigenvalue weighted by molar-refractivity contribution is 6.12. The average molecular weight is 439 g/mol. The maximum Gasteiger partial charge on any atom is 0.420 e. The number of anilines is 2. The van der Waals surface area contributed by atoms with Gasteiger partial charge in [0.05, 0.1) is 11.4 Å². The Morgan fingerprint density at radius 3 is 2.50 bits per heavy atom. The van der Waals surface area contributed by atoms with Crippen molar-refractivity contribution < 1.29 is 19.1 Å². The number of rotatable bonds is 6. The van der Waals surface area contributed by atoms with Crippen molar-refractivity contribution in [3.8, 4) is 5.75 Å². The number of benzene rings is 2. The zero-order valence-electron chi connectivity index (χ0n) is 18.8. The van der Waals surface area contributed by atoms with Crippen LogP contribution in [0.1, 0.15) is 38.1 Å². The van der Waals surface area contributed by atoms with Crippen molar-refractivity contribution in [2.24, 2.45) is 17.1 Å². The Morgan fingerprint density at radius 2 is 1.88 bits per heavy atom. The molecule has 170 valence electrons. The van der Waals surface area contributed by atoms with E-state index in [4.69, 9.17) is 10.5 Å². The monoisotopic (exact) mass is 438 g/mol. The second-order valence-electron chi connectivity index (χ2n) is 9.01. The molecular formula is C24H30N4O4. The third-order valence-corrected chi connectivity index (χ3v) is 5.38. The Kier molecular flexibility index (Phi) is 6.84. The summed E-state index contributed by atoms with van der Waals surface area (Å²) >= 11 is 0. The quantitative estimate of drug-likeness (QED) is 0.640. The van der Waals surface area contributed by atoms with Gasteiger partial charge in [-0.2, -0.15) is 0 Å². The van der Waals surface area contributed by atoms with Crippen LogP contribution in [0.4, 0.5) is 16.2 Å². The van der Waals surface area contributed by atoms with E-state index in [2.05, 4.69) is 10.6 Å². The topological polar surface area (TPSA) is 114 Å². The molecule has 8 nitrogen and oxygen atoms in total. The van der Waals surface area contributed by atoms with Crippen LogP contribution < -0.4 is 26.0 Å². The van der Waals surface area contributed by atoms with Crippen molar-refractivity contribution in [1.82, 2.24) is 5.32 Å². The van der Waals surface area contributed by atoms with Crippen molar-refractivity contribution >= 4 is 29.3 Å². The second-order valence-corrected chi connectivity index (χ2v) is 9.01. The third-order valence-electron chi connectivity index (χ3n) is 5.38. The van der Waals surface area contributed by atoms with Gasteiger partial charge >= 0.3 is 6.09 Å². The fourth-order valence-corrected chi connectivity index (χ4v) is 3.41. The molecule has 32 heavy (non-hydrogen) atoms. The SMILES string of the molecule is CC(C)C1C(=O)Nc2cc(C(=O)NCC(C)(C)CN)ccc2N1C(=O)Oc1ccccc1. The molecule has 0 spiro atoms. The molecule has 1 atom stereocenters. The number of amides is 3. The van der Waals surface area contributed by atoms with Crippen LogP contribution in [0.5, 0.6) is 5.75 Å². The molecule has 0 fully saturated rings. The minimum Gasteiger partial charge on any atom is -0.410 e. The minimum absolute atomic E-state index is 0.159. The number of para-hydroxylation sites is 1. The van der Waals surface area contributed by atoms with Gasteiger partial charge in [-0.15, -0.1) is 0 Å². The van der Waals surface area contributed by atoms with Crippen molar-refractivity contribution in [3.63, 3.8) is 0 Å².